The van der Waals surface area contributed by atoms with E-state index in [-0.39, 0.29) is 5.91 Å². The number of amides is 3. The van der Waals surface area contributed by atoms with Crippen LogP contribution in [0.15, 0.2) is 0 Å². The Morgan fingerprint density at radius 3 is 2.85 bits per heavy atom. The van der Waals surface area contributed by atoms with E-state index in [9.17, 15) is 9.59 Å². The van der Waals surface area contributed by atoms with Crippen LogP contribution in [-0.4, -0.2) is 35.5 Å². The maximum Gasteiger partial charge on any atom is 0.332 e. The molecule has 1 rings (SSSR count). The summed E-state index contributed by atoms with van der Waals surface area (Å²) in [6.07, 6.45) is 0. The number of nitrogens with one attached hydrogen (secondary N) is 2. The minimum absolute atomic E-state index is 0.164. The van der Waals surface area contributed by atoms with Crippen molar-refractivity contribution >= 4 is 11.9 Å². The summed E-state index contributed by atoms with van der Waals surface area (Å²) in [5.74, 6) is 4.83. The van der Waals surface area contributed by atoms with Gasteiger partial charge in [0.1, 0.15) is 5.54 Å². The molecule has 0 bridgehead atoms. The Morgan fingerprint density at radius 2 is 2.31 bits per heavy atom. The molecule has 0 aromatic heterocycles. The maximum absolute atomic E-state index is 11.4. The summed E-state index contributed by atoms with van der Waals surface area (Å²) in [6.45, 7) is 4.30. The first-order valence-electron chi connectivity index (χ1n) is 4.06. The third-order valence-electron chi connectivity index (χ3n) is 2.22. The number of rotatable bonds is 0. The van der Waals surface area contributed by atoms with Gasteiger partial charge in [0.2, 0.25) is 5.91 Å². The van der Waals surface area contributed by atoms with Crippen molar-refractivity contribution in [3.63, 3.8) is 0 Å². The van der Waals surface area contributed by atoms with Crippen LogP contribution in [0.5, 0.6) is 0 Å². The van der Waals surface area contributed by atoms with Crippen molar-refractivity contribution in [1.82, 2.24) is 15.6 Å². The van der Waals surface area contributed by atoms with Crippen molar-refractivity contribution in [3.05, 3.63) is 0 Å². The lowest BCUT2D eigenvalue weighted by Crippen LogP contribution is -2.65. The van der Waals surface area contributed by atoms with Crippen molar-refractivity contribution in [2.24, 2.45) is 5.84 Å². The number of carbonyl (C=O) groups excluding carboxylic acids is 2. The smallest absolute Gasteiger partial charge is 0.332 e. The van der Waals surface area contributed by atoms with Gasteiger partial charge in [0.15, 0.2) is 0 Å². The van der Waals surface area contributed by atoms with Crippen LogP contribution in [0.3, 0.4) is 0 Å². The van der Waals surface area contributed by atoms with E-state index < -0.39 is 11.6 Å². The fourth-order valence-corrected chi connectivity index (χ4v) is 1.33. The van der Waals surface area contributed by atoms with Crippen LogP contribution in [0.1, 0.15) is 13.8 Å². The van der Waals surface area contributed by atoms with Crippen molar-refractivity contribution in [3.8, 4) is 0 Å². The second kappa shape index (κ2) is 3.21. The molecule has 0 unspecified atom stereocenters. The quantitative estimate of drug-likeness (QED) is 0.252. The molecule has 0 spiro atoms. The topological polar surface area (TPSA) is 87.5 Å². The first kappa shape index (κ1) is 9.79. The zero-order chi connectivity index (χ0) is 10.1. The lowest BCUT2D eigenvalue weighted by molar-refractivity contribution is -0.132. The highest BCUT2D eigenvalue weighted by molar-refractivity contribution is 5.91. The summed E-state index contributed by atoms with van der Waals surface area (Å²) in [7, 11) is 0. The Kier molecular flexibility index (Phi) is 2.42. The predicted octanol–water partition coefficient (Wildman–Crippen LogP) is -1.22. The molecule has 0 aromatic rings. The highest BCUT2D eigenvalue weighted by Gasteiger charge is 2.40. The molecule has 6 heteroatoms. The molecule has 13 heavy (non-hydrogen) atoms. The SMILES string of the molecule is CC1(C)C(=O)NCCN1C(=O)NN. The van der Waals surface area contributed by atoms with Gasteiger partial charge in [-0.1, -0.05) is 0 Å². The molecule has 3 amide bonds. The van der Waals surface area contributed by atoms with Crippen LogP contribution in [0.2, 0.25) is 0 Å². The number of nitrogens with two attached hydrogens (primary N) is 1. The van der Waals surface area contributed by atoms with Crippen molar-refractivity contribution in [1.29, 1.82) is 0 Å². The summed E-state index contributed by atoms with van der Waals surface area (Å²) in [5.41, 5.74) is 1.19. The van der Waals surface area contributed by atoms with Gasteiger partial charge in [-0.05, 0) is 13.8 Å². The van der Waals surface area contributed by atoms with Crippen molar-refractivity contribution < 1.29 is 9.59 Å². The monoisotopic (exact) mass is 186 g/mol. The van der Waals surface area contributed by atoms with E-state index in [1.807, 2.05) is 5.43 Å². The highest BCUT2D eigenvalue weighted by atomic mass is 16.2. The van der Waals surface area contributed by atoms with Gasteiger partial charge in [0.05, 0.1) is 0 Å². The van der Waals surface area contributed by atoms with Gasteiger partial charge < -0.3 is 10.2 Å². The van der Waals surface area contributed by atoms with Gasteiger partial charge in [0, 0.05) is 13.1 Å². The molecular weight excluding hydrogens is 172 g/mol. The van der Waals surface area contributed by atoms with Gasteiger partial charge in [-0.2, -0.15) is 0 Å². The van der Waals surface area contributed by atoms with Crippen LogP contribution in [0.25, 0.3) is 0 Å². The third-order valence-corrected chi connectivity index (χ3v) is 2.22. The molecule has 1 fully saturated rings. The molecule has 6 nitrogen and oxygen atoms in total. The van der Waals surface area contributed by atoms with Crippen molar-refractivity contribution in [2.75, 3.05) is 13.1 Å². The molecule has 74 valence electrons. The fourth-order valence-electron chi connectivity index (χ4n) is 1.33. The molecule has 1 saturated heterocycles. The fraction of sp³-hybridized carbons (Fsp3) is 0.714. The zero-order valence-corrected chi connectivity index (χ0v) is 7.76. The molecule has 1 heterocycles. The van der Waals surface area contributed by atoms with Crippen molar-refractivity contribution in [2.45, 2.75) is 19.4 Å². The van der Waals surface area contributed by atoms with E-state index in [1.54, 1.807) is 13.8 Å². The number of piperazine rings is 1. The summed E-state index contributed by atoms with van der Waals surface area (Å²) < 4.78 is 0. The third kappa shape index (κ3) is 1.57. The standard InChI is InChI=1S/C7H14N4O2/c1-7(2)5(12)9-3-4-11(7)6(13)10-8/h3-4,8H2,1-2H3,(H,9,12)(H,10,13). The lowest BCUT2D eigenvalue weighted by atomic mass is 10.00. The van der Waals surface area contributed by atoms with Crippen LogP contribution in [0, 0.1) is 0 Å². The average Bonchev–Trinajstić information content (AvgIpc) is 2.08. The minimum Gasteiger partial charge on any atom is -0.352 e. The van der Waals surface area contributed by atoms with Gasteiger partial charge in [-0.15, -0.1) is 0 Å². The number of hydrogen-bond acceptors (Lipinski definition) is 3. The number of carbonyl (C=O) groups is 2. The molecule has 4 N–H and O–H groups in total. The molecule has 0 saturated carbocycles. The lowest BCUT2D eigenvalue weighted by Gasteiger charge is -2.40. The minimum atomic E-state index is -0.832. The molecule has 1 aliphatic heterocycles. The molecule has 1 aliphatic rings. The molecule has 0 aliphatic carbocycles. The van der Waals surface area contributed by atoms with E-state index in [4.69, 9.17) is 5.84 Å². The molecule has 0 aromatic carbocycles. The van der Waals surface area contributed by atoms with E-state index in [2.05, 4.69) is 5.32 Å². The summed E-state index contributed by atoms with van der Waals surface area (Å²) in [5, 5.41) is 2.68. The number of urea groups is 1. The summed E-state index contributed by atoms with van der Waals surface area (Å²) >= 11 is 0. The van der Waals surface area contributed by atoms with Crippen LogP contribution < -0.4 is 16.6 Å². The molecular formula is C7H14N4O2. The summed E-state index contributed by atoms with van der Waals surface area (Å²) in [4.78, 5) is 24.0. The first-order valence-corrected chi connectivity index (χ1v) is 4.06. The highest BCUT2D eigenvalue weighted by Crippen LogP contribution is 2.16. The van der Waals surface area contributed by atoms with E-state index in [0.29, 0.717) is 13.1 Å². The van der Waals surface area contributed by atoms with Gasteiger partial charge >= 0.3 is 6.03 Å². The largest absolute Gasteiger partial charge is 0.352 e. The number of nitrogens with zero attached hydrogens (tertiary/aromatic N) is 1. The Morgan fingerprint density at radius 1 is 1.69 bits per heavy atom. The molecule has 0 atom stereocenters. The Labute approximate surface area is 76.4 Å². The average molecular weight is 186 g/mol. The van der Waals surface area contributed by atoms with Gasteiger partial charge in [-0.3, -0.25) is 10.2 Å². The second-order valence-electron chi connectivity index (χ2n) is 3.42. The van der Waals surface area contributed by atoms with Crippen LogP contribution >= 0.6 is 0 Å². The van der Waals surface area contributed by atoms with Crippen LogP contribution in [0.4, 0.5) is 4.79 Å². The first-order chi connectivity index (χ1) is 6.00. The Hall–Kier alpha value is -1.30. The van der Waals surface area contributed by atoms with E-state index in [1.165, 1.54) is 4.90 Å². The number of hydrazine groups is 1. The zero-order valence-electron chi connectivity index (χ0n) is 7.76. The maximum atomic E-state index is 11.4. The second-order valence-corrected chi connectivity index (χ2v) is 3.42. The Balaban J connectivity index is 2.83. The van der Waals surface area contributed by atoms with E-state index in [0.717, 1.165) is 0 Å². The van der Waals surface area contributed by atoms with Gasteiger partial charge in [-0.25, -0.2) is 10.6 Å². The normalized spacial score (nSPS) is 20.8. The summed E-state index contributed by atoms with van der Waals surface area (Å²) in [6, 6.07) is -0.431. The van der Waals surface area contributed by atoms with Crippen LogP contribution in [-0.2, 0) is 4.79 Å². The Bertz CT molecular complexity index is 239. The van der Waals surface area contributed by atoms with E-state index >= 15 is 0 Å². The predicted molar refractivity (Wildman–Crippen MR) is 46.5 cm³/mol. The number of hydrogen-bond donors (Lipinski definition) is 3. The molecule has 0 radical (unpaired) electrons. The van der Waals surface area contributed by atoms with Gasteiger partial charge in [0.25, 0.3) is 0 Å².